The van der Waals surface area contributed by atoms with E-state index in [-0.39, 0.29) is 6.04 Å². The summed E-state index contributed by atoms with van der Waals surface area (Å²) in [4.78, 5) is 4.12. The average Bonchev–Trinajstić information content (AvgIpc) is 2.72. The van der Waals surface area contributed by atoms with Gasteiger partial charge < -0.3 is 5.73 Å². The second-order valence-electron chi connectivity index (χ2n) is 3.99. The predicted molar refractivity (Wildman–Crippen MR) is 53.3 cm³/mol. The largest absolute Gasteiger partial charge is 0.321 e. The molecule has 1 saturated carbocycles. The number of aromatic nitrogens is 3. The Balaban J connectivity index is 1.92. The van der Waals surface area contributed by atoms with Gasteiger partial charge in [-0.15, -0.1) is 5.10 Å². The Hall–Kier alpha value is -1.03. The Kier molecular flexibility index (Phi) is 3.03. The van der Waals surface area contributed by atoms with Crippen LogP contribution in [-0.4, -0.2) is 15.2 Å². The molecule has 76 valence electrons. The normalized spacial score (nSPS) is 19.8. The first-order valence-corrected chi connectivity index (χ1v) is 5.25. The molecule has 1 aromatic rings. The molecule has 14 heavy (non-hydrogen) atoms. The van der Waals surface area contributed by atoms with Gasteiger partial charge in [-0.2, -0.15) is 5.10 Å². The van der Waals surface area contributed by atoms with Crippen molar-refractivity contribution in [3.05, 3.63) is 18.2 Å². The van der Waals surface area contributed by atoms with Gasteiger partial charge in [-0.3, -0.25) is 0 Å². The van der Waals surface area contributed by atoms with Crippen molar-refractivity contribution in [2.24, 2.45) is 11.7 Å². The van der Waals surface area contributed by atoms with Gasteiger partial charge in [0.15, 0.2) is 5.82 Å². The number of hydrogen-bond donors (Lipinski definition) is 1. The molecule has 2 rings (SSSR count). The lowest BCUT2D eigenvalue weighted by Gasteiger charge is -2.13. The topological polar surface area (TPSA) is 64.7 Å². The maximum Gasteiger partial charge on any atom is 0.167 e. The highest BCUT2D eigenvalue weighted by Gasteiger charge is 2.20. The zero-order chi connectivity index (χ0) is 9.80. The van der Waals surface area contributed by atoms with Crippen molar-refractivity contribution in [3.8, 4) is 0 Å². The molecule has 0 aromatic carbocycles. The van der Waals surface area contributed by atoms with E-state index >= 15 is 0 Å². The van der Waals surface area contributed by atoms with Gasteiger partial charge in [0.25, 0.3) is 0 Å². The van der Waals surface area contributed by atoms with Crippen LogP contribution in [0.4, 0.5) is 0 Å². The van der Waals surface area contributed by atoms with Gasteiger partial charge in [-0.1, -0.05) is 25.7 Å². The smallest absolute Gasteiger partial charge is 0.167 e. The van der Waals surface area contributed by atoms with E-state index in [9.17, 15) is 0 Å². The van der Waals surface area contributed by atoms with Crippen molar-refractivity contribution in [2.75, 3.05) is 0 Å². The molecule has 0 aliphatic heterocycles. The monoisotopic (exact) mass is 192 g/mol. The first-order valence-electron chi connectivity index (χ1n) is 5.25. The van der Waals surface area contributed by atoms with Crippen molar-refractivity contribution >= 4 is 0 Å². The minimum absolute atomic E-state index is 0.0354. The molecule has 0 radical (unpaired) electrons. The fraction of sp³-hybridized carbons (Fsp3) is 0.700. The SMILES string of the molecule is NC(CC1CCCC1)c1nccnn1. The number of nitrogens with zero attached hydrogens (tertiary/aromatic N) is 3. The van der Waals surface area contributed by atoms with Crippen LogP contribution in [0.1, 0.15) is 44.0 Å². The molecule has 1 unspecified atom stereocenters. The molecule has 1 atom stereocenters. The molecule has 0 bridgehead atoms. The van der Waals surface area contributed by atoms with Crippen LogP contribution < -0.4 is 5.73 Å². The summed E-state index contributed by atoms with van der Waals surface area (Å²) < 4.78 is 0. The zero-order valence-corrected chi connectivity index (χ0v) is 8.26. The van der Waals surface area contributed by atoms with E-state index in [1.807, 2.05) is 0 Å². The highest BCUT2D eigenvalue weighted by Crippen LogP contribution is 2.30. The quantitative estimate of drug-likeness (QED) is 0.787. The van der Waals surface area contributed by atoms with E-state index in [4.69, 9.17) is 5.73 Å². The molecule has 0 amide bonds. The molecule has 1 fully saturated rings. The zero-order valence-electron chi connectivity index (χ0n) is 8.26. The lowest BCUT2D eigenvalue weighted by atomic mass is 9.98. The number of nitrogens with two attached hydrogens (primary N) is 1. The van der Waals surface area contributed by atoms with Crippen LogP contribution >= 0.6 is 0 Å². The van der Waals surface area contributed by atoms with E-state index < -0.39 is 0 Å². The summed E-state index contributed by atoms with van der Waals surface area (Å²) in [5, 5.41) is 7.72. The van der Waals surface area contributed by atoms with Gasteiger partial charge in [-0.05, 0) is 12.3 Å². The van der Waals surface area contributed by atoms with Crippen molar-refractivity contribution in [1.29, 1.82) is 0 Å². The average molecular weight is 192 g/mol. The standard InChI is InChI=1S/C10H16N4/c11-9(7-8-3-1-2-4-8)10-12-5-6-13-14-10/h5-6,8-9H,1-4,7,11H2. The van der Waals surface area contributed by atoms with Gasteiger partial charge in [0.1, 0.15) is 0 Å². The van der Waals surface area contributed by atoms with Gasteiger partial charge in [0.2, 0.25) is 0 Å². The molecule has 1 aliphatic rings. The summed E-state index contributed by atoms with van der Waals surface area (Å²) in [6.07, 6.45) is 9.56. The molecular formula is C10H16N4. The third-order valence-electron chi connectivity index (χ3n) is 2.89. The van der Waals surface area contributed by atoms with Crippen LogP contribution in [0.15, 0.2) is 12.4 Å². The Morgan fingerprint density at radius 1 is 1.36 bits per heavy atom. The summed E-state index contributed by atoms with van der Waals surface area (Å²) in [7, 11) is 0. The molecule has 1 heterocycles. The van der Waals surface area contributed by atoms with E-state index in [0.717, 1.165) is 12.3 Å². The van der Waals surface area contributed by atoms with Crippen LogP contribution in [0.2, 0.25) is 0 Å². The van der Waals surface area contributed by atoms with Crippen LogP contribution in [-0.2, 0) is 0 Å². The third-order valence-corrected chi connectivity index (χ3v) is 2.89. The summed E-state index contributed by atoms with van der Waals surface area (Å²) in [5.74, 6) is 1.45. The van der Waals surface area contributed by atoms with Crippen LogP contribution in [0.3, 0.4) is 0 Å². The lowest BCUT2D eigenvalue weighted by Crippen LogP contribution is -2.17. The van der Waals surface area contributed by atoms with E-state index in [1.54, 1.807) is 12.4 Å². The van der Waals surface area contributed by atoms with E-state index in [1.165, 1.54) is 25.7 Å². The molecule has 0 saturated heterocycles. The maximum absolute atomic E-state index is 6.01. The molecule has 2 N–H and O–H groups in total. The lowest BCUT2D eigenvalue weighted by molar-refractivity contribution is 0.437. The Morgan fingerprint density at radius 3 is 2.79 bits per heavy atom. The van der Waals surface area contributed by atoms with Crippen molar-refractivity contribution in [1.82, 2.24) is 15.2 Å². The van der Waals surface area contributed by atoms with E-state index in [2.05, 4.69) is 15.2 Å². The second-order valence-corrected chi connectivity index (χ2v) is 3.99. The number of hydrogen-bond acceptors (Lipinski definition) is 4. The summed E-state index contributed by atoms with van der Waals surface area (Å²) in [6.45, 7) is 0. The Bertz CT molecular complexity index is 269. The van der Waals surface area contributed by atoms with Gasteiger partial charge in [0.05, 0.1) is 12.2 Å². The highest BCUT2D eigenvalue weighted by atomic mass is 15.1. The second kappa shape index (κ2) is 4.46. The summed E-state index contributed by atoms with van der Waals surface area (Å²) in [6, 6.07) is -0.0354. The fourth-order valence-electron chi connectivity index (χ4n) is 2.14. The predicted octanol–water partition coefficient (Wildman–Crippen LogP) is 1.45. The Labute approximate surface area is 83.9 Å². The minimum Gasteiger partial charge on any atom is -0.321 e. The molecule has 4 heteroatoms. The molecular weight excluding hydrogens is 176 g/mol. The summed E-state index contributed by atoms with van der Waals surface area (Å²) >= 11 is 0. The first kappa shape index (κ1) is 9.52. The van der Waals surface area contributed by atoms with Crippen LogP contribution in [0, 0.1) is 5.92 Å². The molecule has 0 spiro atoms. The minimum atomic E-state index is -0.0354. The number of rotatable bonds is 3. The van der Waals surface area contributed by atoms with Crippen molar-refractivity contribution < 1.29 is 0 Å². The third kappa shape index (κ3) is 2.26. The molecule has 1 aromatic heterocycles. The van der Waals surface area contributed by atoms with Gasteiger partial charge in [-0.25, -0.2) is 4.98 Å². The molecule has 4 nitrogen and oxygen atoms in total. The molecule has 1 aliphatic carbocycles. The van der Waals surface area contributed by atoms with Crippen LogP contribution in [0.25, 0.3) is 0 Å². The van der Waals surface area contributed by atoms with Crippen molar-refractivity contribution in [3.63, 3.8) is 0 Å². The van der Waals surface area contributed by atoms with Gasteiger partial charge in [0, 0.05) is 6.20 Å². The highest BCUT2D eigenvalue weighted by molar-refractivity contribution is 4.91. The van der Waals surface area contributed by atoms with Crippen LogP contribution in [0.5, 0.6) is 0 Å². The van der Waals surface area contributed by atoms with E-state index in [0.29, 0.717) is 5.82 Å². The fourth-order valence-corrected chi connectivity index (χ4v) is 2.14. The van der Waals surface area contributed by atoms with Crippen molar-refractivity contribution in [2.45, 2.75) is 38.1 Å². The maximum atomic E-state index is 6.01. The first-order chi connectivity index (χ1) is 6.86. The summed E-state index contributed by atoms with van der Waals surface area (Å²) in [5.41, 5.74) is 6.01. The Morgan fingerprint density at radius 2 is 2.14 bits per heavy atom. The van der Waals surface area contributed by atoms with Gasteiger partial charge >= 0.3 is 0 Å².